The average molecular weight is 180 g/mol. The maximum atomic E-state index is 5.40. The maximum Gasteiger partial charge on any atom is 0.287 e. The SMILES string of the molecule is CC1CCN(C2=N[C](N)N=N2)CC1. The van der Waals surface area contributed by atoms with Gasteiger partial charge in [-0.3, -0.25) is 5.73 Å². The number of rotatable bonds is 0. The highest BCUT2D eigenvalue weighted by Gasteiger charge is 2.22. The molecule has 5 nitrogen and oxygen atoms in total. The Morgan fingerprint density at radius 3 is 2.54 bits per heavy atom. The van der Waals surface area contributed by atoms with Crippen LogP contribution in [-0.2, 0) is 0 Å². The summed E-state index contributed by atoms with van der Waals surface area (Å²) in [5.74, 6) is 1.50. The monoisotopic (exact) mass is 180 g/mol. The Morgan fingerprint density at radius 2 is 2.00 bits per heavy atom. The zero-order valence-corrected chi connectivity index (χ0v) is 7.77. The molecule has 1 saturated heterocycles. The molecule has 13 heavy (non-hydrogen) atoms. The molecule has 1 radical (unpaired) electrons. The second-order valence-corrected chi connectivity index (χ2v) is 3.64. The predicted molar refractivity (Wildman–Crippen MR) is 49.7 cm³/mol. The first-order chi connectivity index (χ1) is 6.25. The molecule has 0 aromatic carbocycles. The molecule has 2 heterocycles. The number of likely N-dealkylation sites (tertiary alicyclic amines) is 1. The van der Waals surface area contributed by atoms with Crippen molar-refractivity contribution in [3.8, 4) is 0 Å². The first-order valence-corrected chi connectivity index (χ1v) is 4.63. The lowest BCUT2D eigenvalue weighted by molar-refractivity contribution is 0.278. The van der Waals surface area contributed by atoms with Gasteiger partial charge in [0.1, 0.15) is 0 Å². The molecule has 5 heteroatoms. The third-order valence-corrected chi connectivity index (χ3v) is 2.52. The van der Waals surface area contributed by atoms with Crippen LogP contribution in [0.3, 0.4) is 0 Å². The summed E-state index contributed by atoms with van der Waals surface area (Å²) in [7, 11) is 0. The van der Waals surface area contributed by atoms with E-state index in [2.05, 4.69) is 27.0 Å². The molecule has 2 aliphatic heterocycles. The van der Waals surface area contributed by atoms with E-state index in [9.17, 15) is 0 Å². The van der Waals surface area contributed by atoms with E-state index in [0.717, 1.165) is 19.0 Å². The van der Waals surface area contributed by atoms with E-state index in [0.29, 0.717) is 5.96 Å². The van der Waals surface area contributed by atoms with Crippen LogP contribution in [0.25, 0.3) is 0 Å². The van der Waals surface area contributed by atoms with E-state index in [-0.39, 0.29) is 6.29 Å². The molecule has 2 N–H and O–H groups in total. The summed E-state index contributed by atoms with van der Waals surface area (Å²) in [6.45, 7) is 4.31. The van der Waals surface area contributed by atoms with Crippen LogP contribution in [0.2, 0.25) is 0 Å². The van der Waals surface area contributed by atoms with Crippen molar-refractivity contribution in [2.75, 3.05) is 13.1 Å². The Labute approximate surface area is 77.7 Å². The van der Waals surface area contributed by atoms with Gasteiger partial charge in [0.05, 0.1) is 0 Å². The smallest absolute Gasteiger partial charge is 0.287 e. The fraction of sp³-hybridized carbons (Fsp3) is 0.750. The van der Waals surface area contributed by atoms with E-state index in [1.807, 2.05) is 0 Å². The molecule has 0 spiro atoms. The number of hydrogen-bond acceptors (Lipinski definition) is 5. The van der Waals surface area contributed by atoms with Gasteiger partial charge in [-0.2, -0.15) is 4.99 Å². The minimum atomic E-state index is 0.272. The molecule has 2 rings (SSSR count). The van der Waals surface area contributed by atoms with Crippen LogP contribution >= 0.6 is 0 Å². The lowest BCUT2D eigenvalue weighted by Crippen LogP contribution is -2.36. The highest BCUT2D eigenvalue weighted by atomic mass is 15.4. The average Bonchev–Trinajstić information content (AvgIpc) is 2.53. The van der Waals surface area contributed by atoms with Crippen LogP contribution in [-0.4, -0.2) is 23.9 Å². The van der Waals surface area contributed by atoms with E-state index >= 15 is 0 Å². The number of nitrogens with two attached hydrogens (primary N) is 1. The van der Waals surface area contributed by atoms with Crippen LogP contribution in [0.15, 0.2) is 15.2 Å². The van der Waals surface area contributed by atoms with Crippen molar-refractivity contribution in [2.24, 2.45) is 26.9 Å². The molecule has 0 bridgehead atoms. The summed E-state index contributed by atoms with van der Waals surface area (Å²) < 4.78 is 0. The van der Waals surface area contributed by atoms with Gasteiger partial charge in [-0.25, -0.2) is 0 Å². The molecule has 0 atom stereocenters. The lowest BCUT2D eigenvalue weighted by Gasteiger charge is -2.29. The molecule has 1 fully saturated rings. The number of azo groups is 1. The molecule has 2 aliphatic rings. The summed E-state index contributed by atoms with van der Waals surface area (Å²) in [5, 5.41) is 7.59. The van der Waals surface area contributed by atoms with Gasteiger partial charge in [0.25, 0.3) is 6.29 Å². The van der Waals surface area contributed by atoms with E-state index in [1.54, 1.807) is 0 Å². The van der Waals surface area contributed by atoms with Crippen LogP contribution < -0.4 is 5.73 Å². The van der Waals surface area contributed by atoms with Gasteiger partial charge < -0.3 is 4.90 Å². The standard InChI is InChI=1S/C8H14N5/c1-6-2-4-13(5-3-6)8-10-7(9)11-12-8/h6H,2-5,9H2,1H3. The minimum Gasteiger partial charge on any atom is -0.340 e. The van der Waals surface area contributed by atoms with Gasteiger partial charge in [-0.05, 0) is 18.8 Å². The largest absolute Gasteiger partial charge is 0.340 e. The fourth-order valence-electron chi connectivity index (χ4n) is 1.59. The molecule has 0 saturated carbocycles. The van der Waals surface area contributed by atoms with Crippen molar-refractivity contribution in [1.82, 2.24) is 4.90 Å². The Kier molecular flexibility index (Phi) is 2.26. The van der Waals surface area contributed by atoms with Crippen molar-refractivity contribution >= 4 is 5.96 Å². The Balaban J connectivity index is 1.95. The Bertz CT molecular complexity index is 239. The topological polar surface area (TPSA) is 66.3 Å². The molecular formula is C8H14N5. The number of aliphatic imine (C=N–C) groups is 1. The molecule has 71 valence electrons. The summed E-state index contributed by atoms with van der Waals surface area (Å²) in [6.07, 6.45) is 2.68. The van der Waals surface area contributed by atoms with E-state index < -0.39 is 0 Å². The minimum absolute atomic E-state index is 0.272. The zero-order valence-electron chi connectivity index (χ0n) is 7.77. The van der Waals surface area contributed by atoms with Crippen LogP contribution in [0.4, 0.5) is 0 Å². The number of piperidine rings is 1. The van der Waals surface area contributed by atoms with Gasteiger partial charge in [-0.15, -0.1) is 10.2 Å². The molecule has 0 aromatic heterocycles. The maximum absolute atomic E-state index is 5.40. The molecule has 0 aliphatic carbocycles. The lowest BCUT2D eigenvalue weighted by atomic mass is 10.00. The first-order valence-electron chi connectivity index (χ1n) is 4.63. The van der Waals surface area contributed by atoms with Crippen molar-refractivity contribution in [3.05, 3.63) is 6.29 Å². The van der Waals surface area contributed by atoms with Gasteiger partial charge in [0, 0.05) is 13.1 Å². The quantitative estimate of drug-likeness (QED) is 0.603. The van der Waals surface area contributed by atoms with Gasteiger partial charge in [0.2, 0.25) is 5.96 Å². The van der Waals surface area contributed by atoms with Crippen LogP contribution in [0.5, 0.6) is 0 Å². The normalized spacial score (nSPS) is 25.4. The van der Waals surface area contributed by atoms with E-state index in [4.69, 9.17) is 5.73 Å². The van der Waals surface area contributed by atoms with E-state index in [1.165, 1.54) is 12.8 Å². The molecule has 0 aromatic rings. The number of hydrogen-bond donors (Lipinski definition) is 1. The number of guanidine groups is 1. The van der Waals surface area contributed by atoms with Gasteiger partial charge in [0.15, 0.2) is 0 Å². The van der Waals surface area contributed by atoms with Crippen molar-refractivity contribution in [1.29, 1.82) is 0 Å². The molecular weight excluding hydrogens is 166 g/mol. The Morgan fingerprint density at radius 1 is 1.31 bits per heavy atom. The second-order valence-electron chi connectivity index (χ2n) is 3.64. The highest BCUT2D eigenvalue weighted by Crippen LogP contribution is 2.19. The zero-order chi connectivity index (χ0) is 9.26. The highest BCUT2D eigenvalue weighted by molar-refractivity contribution is 5.82. The first kappa shape index (κ1) is 8.62. The van der Waals surface area contributed by atoms with Crippen LogP contribution in [0.1, 0.15) is 19.8 Å². The van der Waals surface area contributed by atoms with Crippen molar-refractivity contribution in [2.45, 2.75) is 19.8 Å². The van der Waals surface area contributed by atoms with Gasteiger partial charge in [-0.1, -0.05) is 6.92 Å². The summed E-state index contributed by atoms with van der Waals surface area (Å²) in [5.41, 5.74) is 5.40. The van der Waals surface area contributed by atoms with Crippen molar-refractivity contribution < 1.29 is 0 Å². The summed E-state index contributed by atoms with van der Waals surface area (Å²) in [6, 6.07) is 0. The van der Waals surface area contributed by atoms with Crippen LogP contribution in [0, 0.1) is 12.2 Å². The summed E-state index contributed by atoms with van der Waals surface area (Å²) >= 11 is 0. The third-order valence-electron chi connectivity index (χ3n) is 2.52. The Hall–Kier alpha value is -0.970. The summed E-state index contributed by atoms with van der Waals surface area (Å²) in [4.78, 5) is 6.18. The predicted octanol–water partition coefficient (Wildman–Crippen LogP) is 0.946. The fourth-order valence-corrected chi connectivity index (χ4v) is 1.59. The van der Waals surface area contributed by atoms with Crippen molar-refractivity contribution in [3.63, 3.8) is 0 Å². The second kappa shape index (κ2) is 3.41. The van der Waals surface area contributed by atoms with Gasteiger partial charge >= 0.3 is 0 Å². The molecule has 0 unspecified atom stereocenters. The molecule has 0 amide bonds. The third kappa shape index (κ3) is 1.85. The number of nitrogens with zero attached hydrogens (tertiary/aromatic N) is 4.